The molecule has 9 nitrogen and oxygen atoms in total. The van der Waals surface area contributed by atoms with Crippen molar-refractivity contribution in [2.75, 3.05) is 32.6 Å². The van der Waals surface area contributed by atoms with Crippen molar-refractivity contribution < 1.29 is 28.7 Å². The first-order valence-electron chi connectivity index (χ1n) is 9.76. The number of carbonyl (C=O) groups excluding carboxylic acids is 4. The minimum Gasteiger partial charge on any atom is -0.454 e. The topological polar surface area (TPSA) is 105 Å². The number of nitrogens with zero attached hydrogens (tertiary/aromatic N) is 2. The Bertz CT molecular complexity index is 798. The Morgan fingerprint density at radius 2 is 1.77 bits per heavy atom. The summed E-state index contributed by atoms with van der Waals surface area (Å²) in [6.45, 7) is 5.18. The number of hydrogen-bond acceptors (Lipinski definition) is 6. The van der Waals surface area contributed by atoms with Gasteiger partial charge in [-0.05, 0) is 57.9 Å². The highest BCUT2D eigenvalue weighted by molar-refractivity contribution is 5.96. The van der Waals surface area contributed by atoms with Gasteiger partial charge in [0.15, 0.2) is 6.61 Å². The van der Waals surface area contributed by atoms with Gasteiger partial charge in [-0.15, -0.1) is 0 Å². The average molecular weight is 419 g/mol. The van der Waals surface area contributed by atoms with Crippen LogP contribution < -0.4 is 5.32 Å². The summed E-state index contributed by atoms with van der Waals surface area (Å²) in [6.07, 6.45) is 0.545. The molecular weight excluding hydrogens is 390 g/mol. The van der Waals surface area contributed by atoms with Gasteiger partial charge in [0, 0.05) is 31.9 Å². The van der Waals surface area contributed by atoms with Crippen LogP contribution in [-0.4, -0.2) is 72.6 Å². The number of esters is 1. The van der Waals surface area contributed by atoms with Crippen LogP contribution in [0.1, 0.15) is 44.0 Å². The largest absolute Gasteiger partial charge is 0.454 e. The smallest absolute Gasteiger partial charge is 0.411 e. The average Bonchev–Trinajstić information content (AvgIpc) is 3.15. The van der Waals surface area contributed by atoms with Gasteiger partial charge >= 0.3 is 12.1 Å². The molecule has 0 spiro atoms. The van der Waals surface area contributed by atoms with E-state index in [9.17, 15) is 19.2 Å². The maximum atomic E-state index is 12.4. The van der Waals surface area contributed by atoms with Gasteiger partial charge in [0.05, 0.1) is 0 Å². The third kappa shape index (κ3) is 6.47. The van der Waals surface area contributed by atoms with Gasteiger partial charge in [-0.1, -0.05) is 0 Å². The summed E-state index contributed by atoms with van der Waals surface area (Å²) in [4.78, 5) is 51.4. The van der Waals surface area contributed by atoms with Crippen molar-refractivity contribution in [2.24, 2.45) is 0 Å². The Balaban J connectivity index is 1.86. The van der Waals surface area contributed by atoms with Gasteiger partial charge < -0.3 is 19.7 Å². The zero-order chi connectivity index (χ0) is 22.5. The van der Waals surface area contributed by atoms with Crippen LogP contribution in [0.25, 0.3) is 0 Å². The molecule has 2 rings (SSSR count). The predicted molar refractivity (Wildman–Crippen MR) is 110 cm³/mol. The van der Waals surface area contributed by atoms with Crippen molar-refractivity contribution >= 4 is 29.6 Å². The molecule has 1 heterocycles. The number of rotatable bonds is 5. The Morgan fingerprint density at radius 1 is 1.13 bits per heavy atom. The van der Waals surface area contributed by atoms with Crippen molar-refractivity contribution in [2.45, 2.75) is 45.3 Å². The van der Waals surface area contributed by atoms with Crippen molar-refractivity contribution in [1.29, 1.82) is 0 Å². The fraction of sp³-hybridized carbons (Fsp3) is 0.524. The SMILES string of the molecule is CN(C)C(=O)c1ccc(NC(=O)COC(=O)[C@@H]2CCCN2C(=O)OC(C)(C)C)cc1. The lowest BCUT2D eigenvalue weighted by Gasteiger charge is -2.27. The van der Waals surface area contributed by atoms with Gasteiger partial charge in [0.1, 0.15) is 11.6 Å². The molecular formula is C21H29N3O6. The van der Waals surface area contributed by atoms with Crippen LogP contribution in [0.5, 0.6) is 0 Å². The number of hydrogen-bond donors (Lipinski definition) is 1. The summed E-state index contributed by atoms with van der Waals surface area (Å²) in [6, 6.07) is 5.63. The lowest BCUT2D eigenvalue weighted by molar-refractivity contribution is -0.151. The first kappa shape index (κ1) is 23.2. The van der Waals surface area contributed by atoms with Crippen LogP contribution in [0.15, 0.2) is 24.3 Å². The molecule has 0 aliphatic carbocycles. The van der Waals surface area contributed by atoms with Crippen molar-refractivity contribution in [3.05, 3.63) is 29.8 Å². The molecule has 1 fully saturated rings. The highest BCUT2D eigenvalue weighted by Crippen LogP contribution is 2.22. The summed E-state index contributed by atoms with van der Waals surface area (Å²) in [5, 5.41) is 2.60. The number of amides is 3. The Morgan fingerprint density at radius 3 is 2.33 bits per heavy atom. The van der Waals surface area contributed by atoms with Crippen LogP contribution in [0.2, 0.25) is 0 Å². The zero-order valence-corrected chi connectivity index (χ0v) is 18.1. The maximum absolute atomic E-state index is 12.4. The van der Waals surface area contributed by atoms with Crippen LogP contribution in [0.3, 0.4) is 0 Å². The van der Waals surface area contributed by atoms with Crippen LogP contribution in [-0.2, 0) is 19.1 Å². The van der Waals surface area contributed by atoms with Crippen molar-refractivity contribution in [3.63, 3.8) is 0 Å². The number of carbonyl (C=O) groups is 4. The van der Waals surface area contributed by atoms with Crippen LogP contribution in [0.4, 0.5) is 10.5 Å². The summed E-state index contributed by atoms with van der Waals surface area (Å²) in [5.41, 5.74) is 0.302. The third-order valence-electron chi connectivity index (χ3n) is 4.32. The highest BCUT2D eigenvalue weighted by Gasteiger charge is 2.37. The van der Waals surface area contributed by atoms with Gasteiger partial charge in [-0.3, -0.25) is 14.5 Å². The number of likely N-dealkylation sites (tertiary alicyclic amines) is 1. The molecule has 0 unspecified atom stereocenters. The van der Waals surface area contributed by atoms with Gasteiger partial charge in [-0.2, -0.15) is 0 Å². The van der Waals surface area contributed by atoms with Crippen LogP contribution >= 0.6 is 0 Å². The zero-order valence-electron chi connectivity index (χ0n) is 18.1. The fourth-order valence-corrected chi connectivity index (χ4v) is 2.94. The lowest BCUT2D eigenvalue weighted by atomic mass is 10.2. The van der Waals surface area contributed by atoms with E-state index in [4.69, 9.17) is 9.47 Å². The van der Waals surface area contributed by atoms with Gasteiger partial charge in [0.25, 0.3) is 11.8 Å². The molecule has 1 atom stereocenters. The molecule has 0 aromatic heterocycles. The highest BCUT2D eigenvalue weighted by atomic mass is 16.6. The summed E-state index contributed by atoms with van der Waals surface area (Å²) in [5.74, 6) is -1.30. The number of anilines is 1. The van der Waals surface area contributed by atoms with Crippen molar-refractivity contribution in [1.82, 2.24) is 9.80 Å². The van der Waals surface area contributed by atoms with E-state index in [0.717, 1.165) is 0 Å². The van der Waals surface area contributed by atoms with Crippen LogP contribution in [0, 0.1) is 0 Å². The molecule has 1 aromatic rings. The van der Waals surface area contributed by atoms with Gasteiger partial charge in [0.2, 0.25) is 0 Å². The Hall–Kier alpha value is -3.10. The lowest BCUT2D eigenvalue weighted by Crippen LogP contribution is -2.44. The predicted octanol–water partition coefficient (Wildman–Crippen LogP) is 2.27. The normalized spacial score (nSPS) is 16.0. The molecule has 30 heavy (non-hydrogen) atoms. The minimum absolute atomic E-state index is 0.145. The van der Waals surface area contributed by atoms with E-state index < -0.39 is 36.2 Å². The summed E-state index contributed by atoms with van der Waals surface area (Å²) >= 11 is 0. The first-order chi connectivity index (χ1) is 14.0. The number of nitrogens with one attached hydrogen (secondary N) is 1. The third-order valence-corrected chi connectivity index (χ3v) is 4.32. The van der Waals surface area contributed by atoms with Gasteiger partial charge in [-0.25, -0.2) is 9.59 Å². The van der Waals surface area contributed by atoms with E-state index in [1.807, 2.05) is 0 Å². The molecule has 0 saturated carbocycles. The van der Waals surface area contributed by atoms with E-state index in [-0.39, 0.29) is 5.91 Å². The molecule has 3 amide bonds. The molecule has 9 heteroatoms. The monoisotopic (exact) mass is 419 g/mol. The molecule has 0 bridgehead atoms. The standard InChI is InChI=1S/C21H29N3O6/c1-21(2,3)30-20(28)24-12-6-7-16(24)19(27)29-13-17(25)22-15-10-8-14(9-11-15)18(26)23(4)5/h8-11,16H,6-7,12-13H2,1-5H3,(H,22,25)/t16-/m0/s1. The maximum Gasteiger partial charge on any atom is 0.411 e. The van der Waals surface area contributed by atoms with E-state index in [2.05, 4.69) is 5.32 Å². The molecule has 1 aliphatic heterocycles. The summed E-state index contributed by atoms with van der Waals surface area (Å²) in [7, 11) is 3.31. The minimum atomic E-state index is -0.760. The van der Waals surface area contributed by atoms with E-state index in [1.165, 1.54) is 9.80 Å². The quantitative estimate of drug-likeness (QED) is 0.734. The van der Waals surface area contributed by atoms with E-state index in [1.54, 1.807) is 59.1 Å². The molecule has 1 saturated heterocycles. The van der Waals surface area contributed by atoms with E-state index >= 15 is 0 Å². The second kappa shape index (κ2) is 9.60. The molecule has 1 aromatic carbocycles. The second-order valence-corrected chi connectivity index (χ2v) is 8.26. The van der Waals surface area contributed by atoms with E-state index in [0.29, 0.717) is 30.6 Å². The molecule has 1 N–H and O–H groups in total. The summed E-state index contributed by atoms with van der Waals surface area (Å²) < 4.78 is 10.4. The Labute approximate surface area is 176 Å². The first-order valence-corrected chi connectivity index (χ1v) is 9.76. The molecule has 1 aliphatic rings. The fourth-order valence-electron chi connectivity index (χ4n) is 2.94. The second-order valence-electron chi connectivity index (χ2n) is 8.26. The molecule has 164 valence electrons. The molecule has 0 radical (unpaired) electrons. The number of ether oxygens (including phenoxy) is 2. The van der Waals surface area contributed by atoms with Crippen molar-refractivity contribution in [3.8, 4) is 0 Å². The number of benzene rings is 1. The Kier molecular flexibility index (Phi) is 7.42.